The fraction of sp³-hybridized carbons (Fsp3) is 0.0833. The molecule has 0 saturated heterocycles. The van der Waals surface area contributed by atoms with Gasteiger partial charge in [0, 0.05) is 5.69 Å². The molecule has 0 saturated carbocycles. The molecule has 1 heterocycles. The van der Waals surface area contributed by atoms with E-state index in [1.807, 2.05) is 0 Å². The standard InChI is InChI=1S/C12H9Cl2NO3/c1-17-10-3-2-7(6-9(10)13)15-12(16)8-4-5-18-11(8)14/h2-6H,1H3,(H,15,16). The number of hydrogen-bond acceptors (Lipinski definition) is 3. The van der Waals surface area contributed by atoms with Crippen LogP contribution in [0.15, 0.2) is 34.9 Å². The van der Waals surface area contributed by atoms with Gasteiger partial charge < -0.3 is 14.5 Å². The molecule has 2 aromatic rings. The summed E-state index contributed by atoms with van der Waals surface area (Å²) >= 11 is 11.7. The van der Waals surface area contributed by atoms with Crippen LogP contribution in [0.25, 0.3) is 0 Å². The Labute approximate surface area is 113 Å². The van der Waals surface area contributed by atoms with Gasteiger partial charge in [0.15, 0.2) is 0 Å². The first-order valence-corrected chi connectivity index (χ1v) is 5.75. The lowest BCUT2D eigenvalue weighted by atomic mass is 10.2. The molecule has 1 aromatic carbocycles. The maximum atomic E-state index is 11.8. The number of hydrogen-bond donors (Lipinski definition) is 1. The van der Waals surface area contributed by atoms with Gasteiger partial charge >= 0.3 is 0 Å². The summed E-state index contributed by atoms with van der Waals surface area (Å²) in [5.74, 6) is 0.172. The van der Waals surface area contributed by atoms with Crippen molar-refractivity contribution in [2.24, 2.45) is 0 Å². The molecule has 0 fully saturated rings. The quantitative estimate of drug-likeness (QED) is 0.932. The summed E-state index contributed by atoms with van der Waals surface area (Å²) in [6.07, 6.45) is 1.35. The second-order valence-electron chi connectivity index (χ2n) is 3.41. The molecule has 0 spiro atoms. The molecule has 1 aromatic heterocycles. The number of anilines is 1. The van der Waals surface area contributed by atoms with E-state index in [0.717, 1.165) is 0 Å². The average molecular weight is 286 g/mol. The topological polar surface area (TPSA) is 51.5 Å². The molecule has 18 heavy (non-hydrogen) atoms. The Morgan fingerprint density at radius 1 is 1.33 bits per heavy atom. The summed E-state index contributed by atoms with van der Waals surface area (Å²) in [5, 5.41) is 3.11. The molecule has 0 bridgehead atoms. The van der Waals surface area contributed by atoms with Crippen LogP contribution in [0.5, 0.6) is 5.75 Å². The van der Waals surface area contributed by atoms with Crippen LogP contribution in [0.4, 0.5) is 5.69 Å². The molecular formula is C12H9Cl2NO3. The minimum Gasteiger partial charge on any atom is -0.495 e. The van der Waals surface area contributed by atoms with E-state index in [1.54, 1.807) is 18.2 Å². The summed E-state index contributed by atoms with van der Waals surface area (Å²) in [6, 6.07) is 6.42. The number of rotatable bonds is 3. The van der Waals surface area contributed by atoms with Crippen LogP contribution in [0.3, 0.4) is 0 Å². The fourth-order valence-corrected chi connectivity index (χ4v) is 1.86. The predicted octanol–water partition coefficient (Wildman–Crippen LogP) is 3.85. The van der Waals surface area contributed by atoms with Crippen LogP contribution >= 0.6 is 23.2 Å². The number of methoxy groups -OCH3 is 1. The summed E-state index contributed by atoms with van der Waals surface area (Å²) in [4.78, 5) is 11.8. The zero-order valence-electron chi connectivity index (χ0n) is 9.37. The number of carbonyl (C=O) groups excluding carboxylic acids is 1. The Kier molecular flexibility index (Phi) is 3.79. The Morgan fingerprint density at radius 2 is 2.11 bits per heavy atom. The minimum absolute atomic E-state index is 0.0482. The molecule has 1 amide bonds. The van der Waals surface area contributed by atoms with Crippen molar-refractivity contribution in [2.45, 2.75) is 0 Å². The van der Waals surface area contributed by atoms with Gasteiger partial charge in [-0.2, -0.15) is 0 Å². The van der Waals surface area contributed by atoms with E-state index in [4.69, 9.17) is 32.4 Å². The van der Waals surface area contributed by atoms with Crippen molar-refractivity contribution in [3.05, 3.63) is 46.3 Å². The lowest BCUT2D eigenvalue weighted by Crippen LogP contribution is -2.11. The number of ether oxygens (including phenoxy) is 1. The van der Waals surface area contributed by atoms with Gasteiger partial charge in [-0.05, 0) is 35.9 Å². The monoisotopic (exact) mass is 285 g/mol. The van der Waals surface area contributed by atoms with Crippen molar-refractivity contribution in [3.63, 3.8) is 0 Å². The first kappa shape index (κ1) is 12.8. The maximum absolute atomic E-state index is 11.8. The number of carbonyl (C=O) groups is 1. The highest BCUT2D eigenvalue weighted by Gasteiger charge is 2.13. The van der Waals surface area contributed by atoms with Gasteiger partial charge in [-0.3, -0.25) is 4.79 Å². The van der Waals surface area contributed by atoms with E-state index in [1.165, 1.54) is 19.4 Å². The van der Waals surface area contributed by atoms with Crippen LogP contribution in [0, 0.1) is 0 Å². The Bertz CT molecular complexity index is 580. The average Bonchev–Trinajstić information content (AvgIpc) is 2.76. The Morgan fingerprint density at radius 3 is 2.67 bits per heavy atom. The number of nitrogens with one attached hydrogen (secondary N) is 1. The zero-order chi connectivity index (χ0) is 13.1. The summed E-state index contributed by atoms with van der Waals surface area (Å²) in [5.41, 5.74) is 0.812. The smallest absolute Gasteiger partial charge is 0.260 e. The molecule has 0 aliphatic carbocycles. The van der Waals surface area contributed by atoms with Crippen LogP contribution < -0.4 is 10.1 Å². The lowest BCUT2D eigenvalue weighted by molar-refractivity contribution is 0.102. The molecule has 0 radical (unpaired) electrons. The molecule has 0 atom stereocenters. The second kappa shape index (κ2) is 5.33. The molecule has 0 unspecified atom stereocenters. The van der Waals surface area contributed by atoms with Gasteiger partial charge in [0.1, 0.15) is 5.75 Å². The largest absolute Gasteiger partial charge is 0.495 e. The predicted molar refractivity (Wildman–Crippen MR) is 69.7 cm³/mol. The van der Waals surface area contributed by atoms with E-state index in [-0.39, 0.29) is 16.7 Å². The highest BCUT2D eigenvalue weighted by molar-refractivity contribution is 6.33. The first-order chi connectivity index (χ1) is 8.61. The molecule has 2 rings (SSSR count). The molecule has 94 valence electrons. The first-order valence-electron chi connectivity index (χ1n) is 4.99. The van der Waals surface area contributed by atoms with Gasteiger partial charge in [-0.25, -0.2) is 0 Å². The molecule has 6 heteroatoms. The highest BCUT2D eigenvalue weighted by Crippen LogP contribution is 2.27. The van der Waals surface area contributed by atoms with Gasteiger partial charge in [-0.15, -0.1) is 0 Å². The number of furan rings is 1. The third-order valence-electron chi connectivity index (χ3n) is 2.27. The SMILES string of the molecule is COc1ccc(NC(=O)c2ccoc2Cl)cc1Cl. The second-order valence-corrected chi connectivity index (χ2v) is 4.16. The van der Waals surface area contributed by atoms with Crippen molar-refractivity contribution in [2.75, 3.05) is 12.4 Å². The van der Waals surface area contributed by atoms with Crippen molar-refractivity contribution in [1.29, 1.82) is 0 Å². The maximum Gasteiger partial charge on any atom is 0.260 e. The number of benzene rings is 1. The van der Waals surface area contributed by atoms with Gasteiger partial charge in [0.25, 0.3) is 5.91 Å². The van der Waals surface area contributed by atoms with Gasteiger partial charge in [-0.1, -0.05) is 11.6 Å². The van der Waals surface area contributed by atoms with Crippen molar-refractivity contribution < 1.29 is 13.9 Å². The molecule has 1 N–H and O–H groups in total. The Hall–Kier alpha value is -1.65. The summed E-state index contributed by atoms with van der Waals surface area (Å²) in [6.45, 7) is 0. The van der Waals surface area contributed by atoms with E-state index >= 15 is 0 Å². The third kappa shape index (κ3) is 2.60. The van der Waals surface area contributed by atoms with Gasteiger partial charge in [0.05, 0.1) is 24.0 Å². The molecule has 4 nitrogen and oxygen atoms in total. The highest BCUT2D eigenvalue weighted by atomic mass is 35.5. The van der Waals surface area contributed by atoms with Crippen molar-refractivity contribution in [3.8, 4) is 5.75 Å². The summed E-state index contributed by atoms with van der Waals surface area (Å²) in [7, 11) is 1.52. The van der Waals surface area contributed by atoms with Crippen LogP contribution in [-0.4, -0.2) is 13.0 Å². The van der Waals surface area contributed by atoms with E-state index in [9.17, 15) is 4.79 Å². The minimum atomic E-state index is -0.366. The zero-order valence-corrected chi connectivity index (χ0v) is 10.9. The fourth-order valence-electron chi connectivity index (χ4n) is 1.40. The van der Waals surface area contributed by atoms with Crippen LogP contribution in [0.1, 0.15) is 10.4 Å². The normalized spacial score (nSPS) is 10.2. The number of halogens is 2. The summed E-state index contributed by atoms with van der Waals surface area (Å²) < 4.78 is 9.86. The van der Waals surface area contributed by atoms with Crippen molar-refractivity contribution >= 4 is 34.8 Å². The van der Waals surface area contributed by atoms with Crippen molar-refractivity contribution in [1.82, 2.24) is 0 Å². The third-order valence-corrected chi connectivity index (χ3v) is 2.86. The van der Waals surface area contributed by atoms with E-state index in [2.05, 4.69) is 5.32 Å². The molecule has 0 aliphatic rings. The Balaban J connectivity index is 2.17. The number of amides is 1. The van der Waals surface area contributed by atoms with Crippen LogP contribution in [-0.2, 0) is 0 Å². The molecule has 0 aliphatic heterocycles. The lowest BCUT2D eigenvalue weighted by Gasteiger charge is -2.07. The van der Waals surface area contributed by atoms with E-state index in [0.29, 0.717) is 16.5 Å². The van der Waals surface area contributed by atoms with Crippen LogP contribution in [0.2, 0.25) is 10.2 Å². The van der Waals surface area contributed by atoms with Gasteiger partial charge in [0.2, 0.25) is 5.22 Å². The van der Waals surface area contributed by atoms with E-state index < -0.39 is 0 Å². The molecular weight excluding hydrogens is 277 g/mol.